The summed E-state index contributed by atoms with van der Waals surface area (Å²) in [5, 5.41) is 1.74. The molecule has 2 rings (SSSR count). The number of quaternary nitrogens is 1. The summed E-state index contributed by atoms with van der Waals surface area (Å²) in [7, 11) is 1.26. The lowest BCUT2D eigenvalue weighted by Crippen LogP contribution is -2.73. The normalized spacial score (nSPS) is 14.2. The Labute approximate surface area is 86.5 Å². The minimum Gasteiger partial charge on any atom is -0.465 e. The zero-order chi connectivity index (χ0) is 10.8. The summed E-state index contributed by atoms with van der Waals surface area (Å²) in [6.07, 6.45) is 1.50. The van der Waals surface area contributed by atoms with Crippen molar-refractivity contribution in [2.45, 2.75) is 0 Å². The molecule has 0 saturated heterocycles. The van der Waals surface area contributed by atoms with Crippen LogP contribution in [0.15, 0.2) is 36.0 Å². The molecule has 0 saturated carbocycles. The van der Waals surface area contributed by atoms with Gasteiger partial charge in [0.25, 0.3) is 0 Å². The topological polar surface area (TPSA) is 60.0 Å². The molecule has 0 bridgehead atoms. The molecule has 4 heteroatoms. The zero-order valence-corrected chi connectivity index (χ0v) is 8.19. The second-order valence-corrected chi connectivity index (χ2v) is 3.15. The number of esters is 1. The van der Waals surface area contributed by atoms with Crippen LogP contribution in [-0.4, -0.2) is 18.9 Å². The van der Waals surface area contributed by atoms with E-state index < -0.39 is 5.97 Å². The number of benzene rings is 1. The number of ketones is 1. The lowest BCUT2D eigenvalue weighted by molar-refractivity contribution is -0.498. The average Bonchev–Trinajstić information content (AvgIpc) is 2.29. The molecular weight excluding hydrogens is 194 g/mol. The van der Waals surface area contributed by atoms with Crippen molar-refractivity contribution in [1.29, 1.82) is 0 Å². The second-order valence-electron chi connectivity index (χ2n) is 3.15. The molecule has 4 nitrogen and oxygen atoms in total. The number of fused-ring (bicyclic) bond motifs is 1. The molecule has 76 valence electrons. The van der Waals surface area contributed by atoms with Crippen molar-refractivity contribution in [3.05, 3.63) is 41.6 Å². The molecule has 0 atom stereocenters. The molecule has 0 aliphatic carbocycles. The number of Topliss-reactive ketones (excluding diaryl/α,β-unsaturated/α-hetero) is 1. The number of rotatable bonds is 1. The van der Waals surface area contributed by atoms with E-state index in [4.69, 9.17) is 0 Å². The SMILES string of the molecule is COC(=O)C1=C[NH2+]c2ccccc2C1=O. The number of hydrogen-bond donors (Lipinski definition) is 1. The number of para-hydroxylation sites is 1. The summed E-state index contributed by atoms with van der Waals surface area (Å²) in [4.78, 5) is 23.1. The second kappa shape index (κ2) is 3.67. The lowest BCUT2D eigenvalue weighted by Gasteiger charge is -2.10. The van der Waals surface area contributed by atoms with Crippen LogP contribution < -0.4 is 5.32 Å². The van der Waals surface area contributed by atoms with Gasteiger partial charge in [-0.25, -0.2) is 4.79 Å². The summed E-state index contributed by atoms with van der Waals surface area (Å²) in [6.45, 7) is 0. The number of carbonyl (C=O) groups excluding carboxylic acids is 2. The number of ether oxygens (including phenoxy) is 1. The van der Waals surface area contributed by atoms with Gasteiger partial charge in [-0.15, -0.1) is 0 Å². The van der Waals surface area contributed by atoms with Gasteiger partial charge < -0.3 is 4.74 Å². The lowest BCUT2D eigenvalue weighted by atomic mass is 9.99. The molecule has 0 aromatic heterocycles. The highest BCUT2D eigenvalue weighted by Crippen LogP contribution is 2.18. The molecule has 1 aliphatic rings. The van der Waals surface area contributed by atoms with Gasteiger partial charge in [0.2, 0.25) is 5.78 Å². The highest BCUT2D eigenvalue weighted by atomic mass is 16.5. The number of nitrogens with two attached hydrogens (primary N) is 1. The monoisotopic (exact) mass is 204 g/mol. The van der Waals surface area contributed by atoms with Crippen molar-refractivity contribution >= 4 is 17.4 Å². The summed E-state index contributed by atoms with van der Waals surface area (Å²) in [5.41, 5.74) is 1.45. The molecule has 15 heavy (non-hydrogen) atoms. The Bertz CT molecular complexity index is 463. The van der Waals surface area contributed by atoms with Gasteiger partial charge >= 0.3 is 5.97 Å². The average molecular weight is 204 g/mol. The molecule has 1 aliphatic heterocycles. The quantitative estimate of drug-likeness (QED) is 0.402. The van der Waals surface area contributed by atoms with Crippen LogP contribution in [0.5, 0.6) is 0 Å². The van der Waals surface area contributed by atoms with E-state index in [2.05, 4.69) is 4.74 Å². The summed E-state index contributed by atoms with van der Waals surface area (Å²) in [5.74, 6) is -0.870. The van der Waals surface area contributed by atoms with Crippen molar-refractivity contribution in [1.82, 2.24) is 0 Å². The van der Waals surface area contributed by atoms with E-state index in [1.54, 1.807) is 17.4 Å². The Morgan fingerprint density at radius 2 is 2.07 bits per heavy atom. The fourth-order valence-corrected chi connectivity index (χ4v) is 1.51. The van der Waals surface area contributed by atoms with E-state index >= 15 is 0 Å². The van der Waals surface area contributed by atoms with Crippen molar-refractivity contribution in [2.24, 2.45) is 0 Å². The molecule has 0 spiro atoms. The van der Waals surface area contributed by atoms with Crippen LogP contribution in [0.25, 0.3) is 0 Å². The van der Waals surface area contributed by atoms with Crippen LogP contribution in [0.2, 0.25) is 0 Å². The first-order chi connectivity index (χ1) is 7.24. The Morgan fingerprint density at radius 3 is 2.80 bits per heavy atom. The van der Waals surface area contributed by atoms with Gasteiger partial charge in [0.15, 0.2) is 5.57 Å². The van der Waals surface area contributed by atoms with E-state index in [0.29, 0.717) is 5.56 Å². The van der Waals surface area contributed by atoms with E-state index in [-0.39, 0.29) is 11.4 Å². The van der Waals surface area contributed by atoms with Crippen molar-refractivity contribution in [3.8, 4) is 0 Å². The first kappa shape index (κ1) is 9.61. The van der Waals surface area contributed by atoms with Gasteiger partial charge in [0.1, 0.15) is 11.9 Å². The van der Waals surface area contributed by atoms with Crippen LogP contribution >= 0.6 is 0 Å². The Balaban J connectivity index is 2.42. The predicted octanol–water partition coefficient (Wildman–Crippen LogP) is 0.135. The number of hydrogen-bond acceptors (Lipinski definition) is 3. The van der Waals surface area contributed by atoms with E-state index in [9.17, 15) is 9.59 Å². The summed E-state index contributed by atoms with van der Waals surface area (Å²) in [6, 6.07) is 7.15. The van der Waals surface area contributed by atoms with Crippen LogP contribution in [-0.2, 0) is 9.53 Å². The number of carbonyl (C=O) groups is 2. The maximum atomic E-state index is 11.8. The zero-order valence-electron chi connectivity index (χ0n) is 8.19. The van der Waals surface area contributed by atoms with Gasteiger partial charge in [0, 0.05) is 6.07 Å². The van der Waals surface area contributed by atoms with Crippen molar-refractivity contribution < 1.29 is 19.6 Å². The minimum atomic E-state index is -0.592. The van der Waals surface area contributed by atoms with Crippen LogP contribution in [0.4, 0.5) is 5.69 Å². The predicted molar refractivity (Wildman–Crippen MR) is 52.5 cm³/mol. The molecular formula is C11H10NO3+. The Kier molecular flexibility index (Phi) is 2.35. The molecule has 0 amide bonds. The molecule has 1 heterocycles. The smallest absolute Gasteiger partial charge is 0.347 e. The molecule has 1 aromatic rings. The molecule has 0 fully saturated rings. The van der Waals surface area contributed by atoms with Gasteiger partial charge in [-0.2, -0.15) is 0 Å². The van der Waals surface area contributed by atoms with Crippen LogP contribution in [0, 0.1) is 0 Å². The fourth-order valence-electron chi connectivity index (χ4n) is 1.51. The highest BCUT2D eigenvalue weighted by Gasteiger charge is 2.28. The maximum absolute atomic E-state index is 11.8. The molecule has 0 radical (unpaired) electrons. The highest BCUT2D eigenvalue weighted by molar-refractivity contribution is 6.25. The van der Waals surface area contributed by atoms with E-state index in [0.717, 1.165) is 5.69 Å². The van der Waals surface area contributed by atoms with Crippen molar-refractivity contribution in [2.75, 3.05) is 7.11 Å². The minimum absolute atomic E-state index is 0.0798. The standard InChI is InChI=1S/C11H9NO3/c1-15-11(14)8-6-12-9-5-3-2-4-7(9)10(8)13/h2-6H,1H3,(H,12,13)/p+1. The van der Waals surface area contributed by atoms with Gasteiger partial charge in [0.05, 0.1) is 12.7 Å². The van der Waals surface area contributed by atoms with Gasteiger partial charge in [-0.3, -0.25) is 10.1 Å². The third-order valence-electron chi connectivity index (χ3n) is 2.28. The largest absolute Gasteiger partial charge is 0.465 e. The van der Waals surface area contributed by atoms with Crippen LogP contribution in [0.3, 0.4) is 0 Å². The first-order valence-electron chi connectivity index (χ1n) is 4.51. The summed E-state index contributed by atoms with van der Waals surface area (Å²) < 4.78 is 4.53. The maximum Gasteiger partial charge on any atom is 0.347 e. The van der Waals surface area contributed by atoms with Gasteiger partial charge in [-0.05, 0) is 6.07 Å². The van der Waals surface area contributed by atoms with Gasteiger partial charge in [-0.1, -0.05) is 12.1 Å². The summed E-state index contributed by atoms with van der Waals surface area (Å²) >= 11 is 0. The van der Waals surface area contributed by atoms with E-state index in [1.165, 1.54) is 13.3 Å². The van der Waals surface area contributed by atoms with E-state index in [1.807, 2.05) is 12.1 Å². The number of methoxy groups -OCH3 is 1. The molecule has 2 N–H and O–H groups in total. The van der Waals surface area contributed by atoms with Crippen LogP contribution in [0.1, 0.15) is 10.4 Å². The molecule has 1 aromatic carbocycles. The Morgan fingerprint density at radius 1 is 1.33 bits per heavy atom. The Hall–Kier alpha value is -1.94. The fraction of sp³-hybridized carbons (Fsp3) is 0.0909. The third-order valence-corrected chi connectivity index (χ3v) is 2.28. The van der Waals surface area contributed by atoms with Crippen molar-refractivity contribution in [3.63, 3.8) is 0 Å². The molecule has 0 unspecified atom stereocenters. The third kappa shape index (κ3) is 1.55. The first-order valence-corrected chi connectivity index (χ1v) is 4.51.